The summed E-state index contributed by atoms with van der Waals surface area (Å²) in [7, 11) is 0. The number of para-hydroxylation sites is 1. The van der Waals surface area contributed by atoms with Crippen LogP contribution in [-0.2, 0) is 0 Å². The van der Waals surface area contributed by atoms with Gasteiger partial charge < -0.3 is 4.42 Å². The van der Waals surface area contributed by atoms with Gasteiger partial charge in [-0.3, -0.25) is 0 Å². The Balaban J connectivity index is 2.20. The minimum atomic E-state index is -0.321. The molecule has 26 heavy (non-hydrogen) atoms. The van der Waals surface area contributed by atoms with Crippen molar-refractivity contribution < 1.29 is 4.42 Å². The Morgan fingerprint density at radius 1 is 1.08 bits per heavy atom. The molecule has 3 aromatic rings. The lowest BCUT2D eigenvalue weighted by atomic mass is 9.94. The molecule has 0 saturated heterocycles. The summed E-state index contributed by atoms with van der Waals surface area (Å²) in [6, 6.07) is 11.4. The first-order chi connectivity index (χ1) is 12.6. The normalized spacial score (nSPS) is 10.7. The topological polar surface area (TPSA) is 30.2 Å². The average Bonchev–Trinajstić information content (AvgIpc) is 2.64. The number of unbranched alkanes of at least 4 members (excludes halogenated alkanes) is 4. The average molecular weight is 344 g/mol. The number of benzene rings is 2. The fourth-order valence-corrected chi connectivity index (χ4v) is 3.25. The van der Waals surface area contributed by atoms with Crippen LogP contribution in [0, 0.1) is 11.8 Å². The molecule has 0 aliphatic carbocycles. The van der Waals surface area contributed by atoms with E-state index < -0.39 is 0 Å². The lowest BCUT2D eigenvalue weighted by molar-refractivity contribution is 0.569. The zero-order valence-electron chi connectivity index (χ0n) is 15.5. The van der Waals surface area contributed by atoms with Gasteiger partial charge in [0.2, 0.25) is 0 Å². The largest absolute Gasteiger partial charge is 0.422 e. The first-order valence-electron chi connectivity index (χ1n) is 9.26. The van der Waals surface area contributed by atoms with Crippen molar-refractivity contribution in [1.82, 2.24) is 0 Å². The number of fused-ring (bicyclic) bond motifs is 3. The van der Waals surface area contributed by atoms with Crippen molar-refractivity contribution in [1.29, 1.82) is 0 Å². The maximum atomic E-state index is 12.4. The van der Waals surface area contributed by atoms with Gasteiger partial charge in [0.15, 0.2) is 0 Å². The molecule has 0 unspecified atom stereocenters. The molecule has 0 radical (unpaired) electrons. The first kappa shape index (κ1) is 18.0. The molecule has 3 rings (SSSR count). The van der Waals surface area contributed by atoms with Crippen LogP contribution in [0.2, 0.25) is 0 Å². The van der Waals surface area contributed by atoms with Crippen LogP contribution in [0.5, 0.6) is 0 Å². The van der Waals surface area contributed by atoms with Gasteiger partial charge in [-0.05, 0) is 36.6 Å². The van der Waals surface area contributed by atoms with Crippen LogP contribution in [-0.4, -0.2) is 0 Å². The van der Waals surface area contributed by atoms with E-state index in [4.69, 9.17) is 4.42 Å². The third kappa shape index (κ3) is 3.58. The summed E-state index contributed by atoms with van der Waals surface area (Å²) < 4.78 is 5.47. The van der Waals surface area contributed by atoms with Crippen molar-refractivity contribution in [2.75, 3.05) is 0 Å². The van der Waals surface area contributed by atoms with Crippen LogP contribution in [0.1, 0.15) is 57.1 Å². The summed E-state index contributed by atoms with van der Waals surface area (Å²) in [6.45, 7) is 8.27. The van der Waals surface area contributed by atoms with E-state index >= 15 is 0 Å². The van der Waals surface area contributed by atoms with Gasteiger partial charge in [0.1, 0.15) is 5.58 Å². The fraction of sp³-hybridized carbons (Fsp3) is 0.292. The van der Waals surface area contributed by atoms with Crippen LogP contribution in [0.15, 0.2) is 52.2 Å². The lowest BCUT2D eigenvalue weighted by Gasteiger charge is -2.10. The van der Waals surface area contributed by atoms with E-state index in [0.29, 0.717) is 11.0 Å². The fourth-order valence-electron chi connectivity index (χ4n) is 3.25. The van der Waals surface area contributed by atoms with E-state index in [1.54, 1.807) is 0 Å². The maximum Gasteiger partial charge on any atom is 0.344 e. The molecule has 0 aliphatic rings. The molecule has 0 atom stereocenters. The molecular weight excluding hydrogens is 320 g/mol. The third-order valence-corrected chi connectivity index (χ3v) is 4.61. The van der Waals surface area contributed by atoms with Gasteiger partial charge >= 0.3 is 5.63 Å². The van der Waals surface area contributed by atoms with Crippen LogP contribution in [0.25, 0.3) is 27.3 Å². The molecule has 2 heteroatoms. The molecule has 132 valence electrons. The highest BCUT2D eigenvalue weighted by Gasteiger charge is 2.13. The van der Waals surface area contributed by atoms with Crippen molar-refractivity contribution in [2.24, 2.45) is 0 Å². The summed E-state index contributed by atoms with van der Waals surface area (Å²) in [5, 5.41) is 2.36. The van der Waals surface area contributed by atoms with Crippen molar-refractivity contribution in [2.45, 2.75) is 46.0 Å². The molecular formula is C24H24O2. The third-order valence-electron chi connectivity index (χ3n) is 4.61. The van der Waals surface area contributed by atoms with E-state index in [2.05, 4.69) is 25.3 Å². The Hall–Kier alpha value is -2.79. The van der Waals surface area contributed by atoms with Gasteiger partial charge in [0, 0.05) is 22.8 Å². The Bertz CT molecular complexity index is 1070. The van der Waals surface area contributed by atoms with Crippen LogP contribution in [0.4, 0.5) is 0 Å². The summed E-state index contributed by atoms with van der Waals surface area (Å²) >= 11 is 0. The first-order valence-corrected chi connectivity index (χ1v) is 9.26. The Kier molecular flexibility index (Phi) is 5.58. The van der Waals surface area contributed by atoms with Crippen LogP contribution >= 0.6 is 0 Å². The minimum Gasteiger partial charge on any atom is -0.422 e. The molecule has 1 aromatic heterocycles. The molecule has 0 bridgehead atoms. The van der Waals surface area contributed by atoms with Crippen molar-refractivity contribution >= 4 is 27.3 Å². The highest BCUT2D eigenvalue weighted by atomic mass is 16.4. The monoisotopic (exact) mass is 344 g/mol. The second kappa shape index (κ2) is 8.06. The molecule has 0 saturated carbocycles. The summed E-state index contributed by atoms with van der Waals surface area (Å²) in [4.78, 5) is 12.4. The van der Waals surface area contributed by atoms with Crippen LogP contribution < -0.4 is 5.63 Å². The molecule has 2 nitrogen and oxygen atoms in total. The highest BCUT2D eigenvalue weighted by Crippen LogP contribution is 2.30. The second-order valence-electron chi connectivity index (χ2n) is 6.69. The molecule has 0 N–H and O–H groups in total. The number of hydrogen-bond donors (Lipinski definition) is 0. The van der Waals surface area contributed by atoms with Gasteiger partial charge in [0.25, 0.3) is 0 Å². The van der Waals surface area contributed by atoms with Gasteiger partial charge in [-0.25, -0.2) is 4.79 Å². The number of rotatable bonds is 5. The Morgan fingerprint density at radius 2 is 1.88 bits per heavy atom. The second-order valence-corrected chi connectivity index (χ2v) is 6.69. The van der Waals surface area contributed by atoms with Gasteiger partial charge in [0.05, 0.1) is 5.39 Å². The lowest BCUT2D eigenvalue weighted by Crippen LogP contribution is -2.02. The Labute approximate surface area is 154 Å². The molecule has 2 aromatic carbocycles. The van der Waals surface area contributed by atoms with Crippen molar-refractivity contribution in [3.8, 4) is 11.8 Å². The maximum absolute atomic E-state index is 12.4. The standard InChI is InChI=1S/C24H24O2/c1-4-5-6-7-8-9-12-19-18(17(2)3)15-16-21-23(19)20-13-10-11-14-22(20)26-24(21)25/h10-11,13-16H,2,4-8H2,1,3H3. The smallest absolute Gasteiger partial charge is 0.344 e. The predicted molar refractivity (Wildman–Crippen MR) is 110 cm³/mol. The van der Waals surface area contributed by atoms with Crippen molar-refractivity contribution in [3.63, 3.8) is 0 Å². The van der Waals surface area contributed by atoms with Gasteiger partial charge in [-0.1, -0.05) is 68.9 Å². The number of allylic oxidation sites excluding steroid dienone is 1. The zero-order chi connectivity index (χ0) is 18.5. The minimum absolute atomic E-state index is 0.321. The van der Waals surface area contributed by atoms with Crippen molar-refractivity contribution in [3.05, 3.63) is 64.5 Å². The quantitative estimate of drug-likeness (QED) is 0.235. The van der Waals surface area contributed by atoms with Gasteiger partial charge in [-0.15, -0.1) is 0 Å². The predicted octanol–water partition coefficient (Wildman–Crippen LogP) is 6.30. The molecule has 1 heterocycles. The van der Waals surface area contributed by atoms with E-state index in [-0.39, 0.29) is 5.63 Å². The molecule has 0 fully saturated rings. The zero-order valence-corrected chi connectivity index (χ0v) is 15.5. The SMILES string of the molecule is C=C(C)c1ccc2c(=O)oc3ccccc3c2c1C#CCCCCCC. The molecule has 0 amide bonds. The van der Waals surface area contributed by atoms with E-state index in [1.807, 2.05) is 43.3 Å². The Morgan fingerprint density at radius 3 is 2.65 bits per heavy atom. The van der Waals surface area contributed by atoms with Crippen LogP contribution in [0.3, 0.4) is 0 Å². The van der Waals surface area contributed by atoms with E-state index in [0.717, 1.165) is 40.3 Å². The molecule has 0 spiro atoms. The highest BCUT2D eigenvalue weighted by molar-refractivity contribution is 6.09. The van der Waals surface area contributed by atoms with Gasteiger partial charge in [-0.2, -0.15) is 0 Å². The summed E-state index contributed by atoms with van der Waals surface area (Å²) in [6.07, 6.45) is 5.65. The van der Waals surface area contributed by atoms with E-state index in [1.165, 1.54) is 19.3 Å². The molecule has 0 aliphatic heterocycles. The summed E-state index contributed by atoms with van der Waals surface area (Å²) in [5.74, 6) is 6.65. The van der Waals surface area contributed by atoms with E-state index in [9.17, 15) is 4.79 Å². The number of hydrogen-bond acceptors (Lipinski definition) is 2. The summed E-state index contributed by atoms with van der Waals surface area (Å²) in [5.41, 5.74) is 3.09.